The highest BCUT2D eigenvalue weighted by molar-refractivity contribution is 6.91. The van der Waals surface area contributed by atoms with Crippen LogP contribution in [0.2, 0.25) is 18.6 Å². The van der Waals surface area contributed by atoms with E-state index in [-0.39, 0.29) is 48.1 Å². The van der Waals surface area contributed by atoms with Crippen LogP contribution in [-0.4, -0.2) is 68.4 Å². The lowest BCUT2D eigenvalue weighted by atomic mass is 9.95. The fraction of sp³-hybridized carbons (Fsp3) is 0.400. The van der Waals surface area contributed by atoms with Gasteiger partial charge in [-0.1, -0.05) is 73.7 Å². The Hall–Kier alpha value is -3.98. The van der Waals surface area contributed by atoms with Crippen molar-refractivity contribution in [2.24, 2.45) is 5.92 Å². The van der Waals surface area contributed by atoms with Crippen LogP contribution < -0.4 is 14.8 Å². The summed E-state index contributed by atoms with van der Waals surface area (Å²) in [5.74, 6) is 1.20. The number of hydrogen-bond acceptors (Lipinski definition) is 5. The van der Waals surface area contributed by atoms with Crippen LogP contribution in [0.4, 0.5) is 11.4 Å². The van der Waals surface area contributed by atoms with Gasteiger partial charge in [0.25, 0.3) is 5.91 Å². The van der Waals surface area contributed by atoms with E-state index in [2.05, 4.69) is 56.4 Å². The average molecular weight is 663 g/mol. The number of amides is 2. The summed E-state index contributed by atoms with van der Waals surface area (Å²) in [4.78, 5) is 31.0. The Bertz CT molecular complexity index is 1820. The maximum absolute atomic E-state index is 13.7. The molecule has 1 N–H and O–H groups in total. The predicted octanol–water partition coefficient (Wildman–Crippen LogP) is 6.84. The SMILES string of the molecule is COc1ccc([Si](C)(C)[C@@H]2[C@@H](C)[C@@H](CCc3cccc(N4C(=O)c5cccc6cccc4c56)c3)O[C@H]2CC(=O)N2CCC[C@H]2CO)cc1. The molecule has 0 bridgehead atoms. The van der Waals surface area contributed by atoms with Crippen LogP contribution in [0, 0.1) is 5.92 Å². The number of rotatable bonds is 10. The molecule has 0 spiro atoms. The fourth-order valence-electron chi connectivity index (χ4n) is 8.82. The molecule has 0 aromatic heterocycles. The highest BCUT2D eigenvalue weighted by Gasteiger charge is 2.51. The topological polar surface area (TPSA) is 79.3 Å². The van der Waals surface area contributed by atoms with E-state index in [0.29, 0.717) is 13.0 Å². The van der Waals surface area contributed by atoms with Gasteiger partial charge in [0, 0.05) is 17.6 Å². The highest BCUT2D eigenvalue weighted by Crippen LogP contribution is 2.47. The van der Waals surface area contributed by atoms with E-state index in [1.54, 1.807) is 7.11 Å². The number of likely N-dealkylation sites (tertiary alicyclic amines) is 1. The normalized spacial score (nSPS) is 23.8. The largest absolute Gasteiger partial charge is 0.497 e. The monoisotopic (exact) mass is 662 g/mol. The summed E-state index contributed by atoms with van der Waals surface area (Å²) >= 11 is 0. The van der Waals surface area contributed by atoms with Crippen molar-refractivity contribution in [2.45, 2.75) is 75.9 Å². The van der Waals surface area contributed by atoms with Crippen molar-refractivity contribution in [3.8, 4) is 5.75 Å². The summed E-state index contributed by atoms with van der Waals surface area (Å²) in [6.45, 7) is 7.83. The van der Waals surface area contributed by atoms with E-state index in [0.717, 1.165) is 64.7 Å². The molecule has 8 heteroatoms. The minimum Gasteiger partial charge on any atom is -0.497 e. The van der Waals surface area contributed by atoms with Crippen molar-refractivity contribution in [3.63, 3.8) is 0 Å². The molecular formula is C40H46N2O5Si. The number of aliphatic hydroxyl groups excluding tert-OH is 1. The van der Waals surface area contributed by atoms with Crippen molar-refractivity contribution in [1.29, 1.82) is 0 Å². The van der Waals surface area contributed by atoms with Crippen LogP contribution in [0.1, 0.15) is 48.5 Å². The average Bonchev–Trinajstić information content (AvgIpc) is 3.79. The minimum atomic E-state index is -2.12. The summed E-state index contributed by atoms with van der Waals surface area (Å²) in [6.07, 6.45) is 3.57. The summed E-state index contributed by atoms with van der Waals surface area (Å²) in [5.41, 5.74) is 3.95. The second-order valence-electron chi connectivity index (χ2n) is 14.3. The minimum absolute atomic E-state index is 0.000109. The fourth-order valence-corrected chi connectivity index (χ4v) is 12.9. The number of methoxy groups -OCH3 is 1. The van der Waals surface area contributed by atoms with Crippen LogP contribution in [-0.2, 0) is 16.0 Å². The molecule has 4 aromatic carbocycles. The van der Waals surface area contributed by atoms with Gasteiger partial charge in [0.15, 0.2) is 0 Å². The van der Waals surface area contributed by atoms with Crippen LogP contribution in [0.5, 0.6) is 5.75 Å². The van der Waals surface area contributed by atoms with E-state index in [1.165, 1.54) is 5.19 Å². The molecule has 48 heavy (non-hydrogen) atoms. The summed E-state index contributed by atoms with van der Waals surface area (Å²) in [6, 6.07) is 28.7. The Morgan fingerprint density at radius 3 is 2.50 bits per heavy atom. The van der Waals surface area contributed by atoms with Gasteiger partial charge in [-0.05, 0) is 84.5 Å². The van der Waals surface area contributed by atoms with E-state index in [1.807, 2.05) is 58.3 Å². The Labute approximate surface area is 284 Å². The van der Waals surface area contributed by atoms with Crippen molar-refractivity contribution < 1.29 is 24.2 Å². The Balaban J connectivity index is 1.12. The van der Waals surface area contributed by atoms with E-state index in [9.17, 15) is 14.7 Å². The molecule has 3 aliphatic rings. The number of ether oxygens (including phenoxy) is 2. The molecule has 2 saturated heterocycles. The molecule has 250 valence electrons. The zero-order valence-corrected chi connectivity index (χ0v) is 29.4. The molecule has 2 fully saturated rings. The lowest BCUT2D eigenvalue weighted by Gasteiger charge is -2.36. The Morgan fingerprint density at radius 2 is 1.75 bits per heavy atom. The molecule has 4 aromatic rings. The molecule has 0 unspecified atom stereocenters. The van der Waals surface area contributed by atoms with Crippen molar-refractivity contribution in [2.75, 3.05) is 25.2 Å². The zero-order chi connectivity index (χ0) is 33.6. The van der Waals surface area contributed by atoms with Gasteiger partial charge in [-0.2, -0.15) is 0 Å². The molecule has 3 heterocycles. The van der Waals surface area contributed by atoms with Gasteiger partial charge in [0.2, 0.25) is 5.91 Å². The molecule has 2 amide bonds. The van der Waals surface area contributed by atoms with Crippen LogP contribution >= 0.6 is 0 Å². The smallest absolute Gasteiger partial charge is 0.263 e. The lowest BCUT2D eigenvalue weighted by Crippen LogP contribution is -2.51. The van der Waals surface area contributed by atoms with E-state index in [4.69, 9.17) is 9.47 Å². The van der Waals surface area contributed by atoms with Crippen molar-refractivity contribution in [1.82, 2.24) is 4.90 Å². The molecule has 5 atom stereocenters. The molecule has 0 aliphatic carbocycles. The van der Waals surface area contributed by atoms with Crippen LogP contribution in [0.3, 0.4) is 0 Å². The summed E-state index contributed by atoms with van der Waals surface area (Å²) in [7, 11) is -0.436. The molecule has 0 saturated carbocycles. The number of benzene rings is 4. The second kappa shape index (κ2) is 13.1. The van der Waals surface area contributed by atoms with E-state index < -0.39 is 8.07 Å². The quantitative estimate of drug-likeness (QED) is 0.188. The molecule has 7 rings (SSSR count). The molecule has 7 nitrogen and oxygen atoms in total. The Morgan fingerprint density at radius 1 is 1.00 bits per heavy atom. The number of aryl methyl sites for hydroxylation is 1. The Kier molecular flexibility index (Phi) is 8.91. The highest BCUT2D eigenvalue weighted by atomic mass is 28.3. The summed E-state index contributed by atoms with van der Waals surface area (Å²) < 4.78 is 12.4. The van der Waals surface area contributed by atoms with E-state index >= 15 is 0 Å². The number of carbonyl (C=O) groups excluding carboxylic acids is 2. The van der Waals surface area contributed by atoms with Crippen LogP contribution in [0.25, 0.3) is 10.8 Å². The van der Waals surface area contributed by atoms with Gasteiger partial charge in [-0.3, -0.25) is 14.5 Å². The van der Waals surface area contributed by atoms with Gasteiger partial charge in [0.05, 0.1) is 57.7 Å². The van der Waals surface area contributed by atoms with Gasteiger partial charge < -0.3 is 19.5 Å². The molecule has 0 radical (unpaired) electrons. The number of nitrogens with zero attached hydrogens (tertiary/aromatic N) is 2. The lowest BCUT2D eigenvalue weighted by molar-refractivity contribution is -0.135. The van der Waals surface area contributed by atoms with Gasteiger partial charge in [-0.25, -0.2) is 0 Å². The third-order valence-corrected chi connectivity index (χ3v) is 15.7. The standard InChI is InChI=1S/C40H46N2O5Si/c1-26-35(21-16-27-9-5-12-29(23-27)42-34-15-7-11-28-10-6-14-33(38(28)34)40(42)45)47-36(24-37(44)41-22-8-13-30(41)25-43)39(26)48(3,4)32-19-17-31(46-2)18-20-32/h5-7,9-12,14-15,17-20,23,26,30,35-36,39,43H,8,13,16,21-22,24-25H2,1-4H3/t26-,30-,35+,36-,39+/m0/s1. The molecular weight excluding hydrogens is 617 g/mol. The first kappa shape index (κ1) is 32.6. The first-order valence-electron chi connectivity index (χ1n) is 17.4. The van der Waals surface area contributed by atoms with Crippen molar-refractivity contribution in [3.05, 3.63) is 96.1 Å². The van der Waals surface area contributed by atoms with Gasteiger partial charge >= 0.3 is 0 Å². The third-order valence-electron chi connectivity index (χ3n) is 11.3. The maximum atomic E-state index is 13.7. The predicted molar refractivity (Wildman–Crippen MR) is 193 cm³/mol. The first-order valence-corrected chi connectivity index (χ1v) is 20.4. The number of hydrogen-bond donors (Lipinski definition) is 1. The maximum Gasteiger partial charge on any atom is 0.263 e. The summed E-state index contributed by atoms with van der Waals surface area (Å²) in [5, 5.41) is 13.3. The second-order valence-corrected chi connectivity index (χ2v) is 19.0. The van der Waals surface area contributed by atoms with Crippen molar-refractivity contribution >= 4 is 47.2 Å². The van der Waals surface area contributed by atoms with Crippen LogP contribution in [0.15, 0.2) is 84.9 Å². The van der Waals surface area contributed by atoms with Gasteiger partial charge in [0.1, 0.15) is 5.75 Å². The zero-order valence-electron chi connectivity index (χ0n) is 28.4. The number of carbonyl (C=O) groups is 2. The number of anilines is 2. The first-order chi connectivity index (χ1) is 23.2. The van der Waals surface area contributed by atoms with Gasteiger partial charge in [-0.15, -0.1) is 0 Å². The molecule has 3 aliphatic heterocycles. The number of aliphatic hydroxyl groups is 1. The third kappa shape index (κ3) is 5.74.